The summed E-state index contributed by atoms with van der Waals surface area (Å²) in [4.78, 5) is 1.38. The third-order valence-electron chi connectivity index (χ3n) is 3.22. The number of aryl methyl sites for hydroxylation is 1. The van der Waals surface area contributed by atoms with Crippen molar-refractivity contribution < 1.29 is 0 Å². The van der Waals surface area contributed by atoms with E-state index in [0.29, 0.717) is 5.02 Å². The zero-order valence-corrected chi connectivity index (χ0v) is 13.4. The van der Waals surface area contributed by atoms with Crippen molar-refractivity contribution in [1.82, 2.24) is 5.32 Å². The standard InChI is InChI=1S/C15H17Cl2NS/c1-3-14(12-5-4-11(16)8-13(12)17)18-9-15-10(2)6-7-19-15/h4-8,14,18H,3,9H2,1-2H3. The van der Waals surface area contributed by atoms with Crippen LogP contribution in [-0.4, -0.2) is 0 Å². The van der Waals surface area contributed by atoms with E-state index in [0.717, 1.165) is 23.6 Å². The van der Waals surface area contributed by atoms with E-state index in [1.807, 2.05) is 12.1 Å². The second-order valence-electron chi connectivity index (χ2n) is 4.53. The van der Waals surface area contributed by atoms with Crippen LogP contribution in [-0.2, 0) is 6.54 Å². The van der Waals surface area contributed by atoms with Crippen molar-refractivity contribution in [3.05, 3.63) is 55.7 Å². The van der Waals surface area contributed by atoms with E-state index in [9.17, 15) is 0 Å². The molecule has 1 unspecified atom stereocenters. The van der Waals surface area contributed by atoms with Crippen molar-refractivity contribution in [2.45, 2.75) is 32.9 Å². The smallest absolute Gasteiger partial charge is 0.0468 e. The molecule has 1 N–H and O–H groups in total. The van der Waals surface area contributed by atoms with Gasteiger partial charge in [0.05, 0.1) is 0 Å². The number of nitrogens with one attached hydrogen (secondary N) is 1. The van der Waals surface area contributed by atoms with Gasteiger partial charge in [-0.05, 0) is 48.1 Å². The number of hydrogen-bond acceptors (Lipinski definition) is 2. The molecule has 19 heavy (non-hydrogen) atoms. The number of hydrogen-bond donors (Lipinski definition) is 1. The molecular weight excluding hydrogens is 297 g/mol. The van der Waals surface area contributed by atoms with E-state index in [-0.39, 0.29) is 6.04 Å². The van der Waals surface area contributed by atoms with Crippen LogP contribution >= 0.6 is 34.5 Å². The molecule has 0 spiro atoms. The molecule has 2 rings (SSSR count). The summed E-state index contributed by atoms with van der Waals surface area (Å²) in [5, 5.41) is 7.11. The van der Waals surface area contributed by atoms with Gasteiger partial charge < -0.3 is 5.32 Å². The molecule has 0 amide bonds. The highest BCUT2D eigenvalue weighted by Crippen LogP contribution is 2.28. The SMILES string of the molecule is CCC(NCc1sccc1C)c1ccc(Cl)cc1Cl. The Balaban J connectivity index is 2.10. The second kappa shape index (κ2) is 6.76. The quantitative estimate of drug-likeness (QED) is 0.757. The van der Waals surface area contributed by atoms with Crippen molar-refractivity contribution in [3.63, 3.8) is 0 Å². The van der Waals surface area contributed by atoms with Crippen LogP contribution in [0.4, 0.5) is 0 Å². The van der Waals surface area contributed by atoms with Gasteiger partial charge in [0.25, 0.3) is 0 Å². The monoisotopic (exact) mass is 313 g/mol. The number of thiophene rings is 1. The van der Waals surface area contributed by atoms with Gasteiger partial charge in [0.1, 0.15) is 0 Å². The van der Waals surface area contributed by atoms with Gasteiger partial charge in [0.2, 0.25) is 0 Å². The lowest BCUT2D eigenvalue weighted by molar-refractivity contribution is 0.521. The minimum atomic E-state index is 0.256. The first-order valence-electron chi connectivity index (χ1n) is 6.33. The molecule has 102 valence electrons. The Hall–Kier alpha value is -0.540. The van der Waals surface area contributed by atoms with Gasteiger partial charge in [-0.15, -0.1) is 11.3 Å². The first kappa shape index (κ1) is 14.9. The lowest BCUT2D eigenvalue weighted by atomic mass is 10.0. The topological polar surface area (TPSA) is 12.0 Å². The molecule has 1 heterocycles. The van der Waals surface area contributed by atoms with Crippen LogP contribution in [0.2, 0.25) is 10.0 Å². The second-order valence-corrected chi connectivity index (χ2v) is 6.38. The van der Waals surface area contributed by atoms with Crippen LogP contribution in [0, 0.1) is 6.92 Å². The Kier molecular flexibility index (Phi) is 5.28. The average molecular weight is 314 g/mol. The molecule has 0 aliphatic carbocycles. The van der Waals surface area contributed by atoms with Gasteiger partial charge in [0, 0.05) is 27.5 Å². The Morgan fingerprint density at radius 2 is 2.05 bits per heavy atom. The van der Waals surface area contributed by atoms with Crippen molar-refractivity contribution in [2.75, 3.05) is 0 Å². The molecule has 4 heteroatoms. The van der Waals surface area contributed by atoms with Gasteiger partial charge in [0.15, 0.2) is 0 Å². The normalized spacial score (nSPS) is 12.6. The van der Waals surface area contributed by atoms with Crippen molar-refractivity contribution in [1.29, 1.82) is 0 Å². The predicted octanol–water partition coefficient (Wildman–Crippen LogP) is 5.60. The van der Waals surface area contributed by atoms with E-state index in [1.54, 1.807) is 17.4 Å². The van der Waals surface area contributed by atoms with Crippen molar-refractivity contribution >= 4 is 34.5 Å². The van der Waals surface area contributed by atoms with E-state index in [1.165, 1.54) is 10.4 Å². The molecule has 0 fully saturated rings. The van der Waals surface area contributed by atoms with E-state index < -0.39 is 0 Å². The van der Waals surface area contributed by atoms with E-state index in [4.69, 9.17) is 23.2 Å². The highest BCUT2D eigenvalue weighted by molar-refractivity contribution is 7.10. The molecule has 1 nitrogen and oxygen atoms in total. The van der Waals surface area contributed by atoms with Crippen LogP contribution in [0.15, 0.2) is 29.6 Å². The Bertz CT molecular complexity index is 551. The molecule has 1 aromatic heterocycles. The fourth-order valence-corrected chi connectivity index (χ4v) is 3.46. The summed E-state index contributed by atoms with van der Waals surface area (Å²) in [6.45, 7) is 5.18. The van der Waals surface area contributed by atoms with Crippen LogP contribution in [0.3, 0.4) is 0 Å². The lowest BCUT2D eigenvalue weighted by Gasteiger charge is -2.19. The fourth-order valence-electron chi connectivity index (χ4n) is 2.06. The Morgan fingerprint density at radius 1 is 1.26 bits per heavy atom. The lowest BCUT2D eigenvalue weighted by Crippen LogP contribution is -2.20. The average Bonchev–Trinajstić information content (AvgIpc) is 2.78. The van der Waals surface area contributed by atoms with Crippen LogP contribution in [0.25, 0.3) is 0 Å². The Labute approximate surface area is 128 Å². The molecule has 1 aromatic carbocycles. The van der Waals surface area contributed by atoms with Gasteiger partial charge in [-0.1, -0.05) is 36.2 Å². The predicted molar refractivity (Wildman–Crippen MR) is 85.4 cm³/mol. The third kappa shape index (κ3) is 3.73. The summed E-state index contributed by atoms with van der Waals surface area (Å²) in [6, 6.07) is 8.11. The largest absolute Gasteiger partial charge is 0.305 e. The van der Waals surface area contributed by atoms with Crippen LogP contribution in [0.5, 0.6) is 0 Å². The zero-order valence-electron chi connectivity index (χ0n) is 11.0. The summed E-state index contributed by atoms with van der Waals surface area (Å²) in [5.74, 6) is 0. The van der Waals surface area contributed by atoms with Crippen molar-refractivity contribution in [2.24, 2.45) is 0 Å². The molecular formula is C15H17Cl2NS. The van der Waals surface area contributed by atoms with Gasteiger partial charge in [-0.25, -0.2) is 0 Å². The first-order valence-corrected chi connectivity index (χ1v) is 7.96. The summed E-state index contributed by atoms with van der Waals surface area (Å²) in [5.41, 5.74) is 2.46. The maximum Gasteiger partial charge on any atom is 0.0468 e. The van der Waals surface area contributed by atoms with Crippen molar-refractivity contribution in [3.8, 4) is 0 Å². The molecule has 0 saturated heterocycles. The van der Waals surface area contributed by atoms with Crippen LogP contribution in [0.1, 0.15) is 35.4 Å². The van der Waals surface area contributed by atoms with Gasteiger partial charge >= 0.3 is 0 Å². The van der Waals surface area contributed by atoms with Gasteiger partial charge in [-0.2, -0.15) is 0 Å². The number of benzene rings is 1. The van der Waals surface area contributed by atoms with Crippen LogP contribution < -0.4 is 5.32 Å². The zero-order chi connectivity index (χ0) is 13.8. The molecule has 0 bridgehead atoms. The van der Waals surface area contributed by atoms with E-state index in [2.05, 4.69) is 30.6 Å². The highest BCUT2D eigenvalue weighted by Gasteiger charge is 2.13. The molecule has 0 aliphatic heterocycles. The molecule has 2 aromatic rings. The minimum Gasteiger partial charge on any atom is -0.305 e. The molecule has 0 saturated carbocycles. The highest BCUT2D eigenvalue weighted by atomic mass is 35.5. The summed E-state index contributed by atoms with van der Waals surface area (Å²) < 4.78 is 0. The minimum absolute atomic E-state index is 0.256. The number of rotatable bonds is 5. The summed E-state index contributed by atoms with van der Waals surface area (Å²) in [6.07, 6.45) is 0.992. The molecule has 0 aliphatic rings. The Morgan fingerprint density at radius 3 is 2.63 bits per heavy atom. The fraction of sp³-hybridized carbons (Fsp3) is 0.333. The number of halogens is 2. The third-order valence-corrected chi connectivity index (χ3v) is 4.81. The maximum atomic E-state index is 6.27. The van der Waals surface area contributed by atoms with Gasteiger partial charge in [-0.3, -0.25) is 0 Å². The first-order chi connectivity index (χ1) is 9.11. The molecule has 1 atom stereocenters. The molecule has 0 radical (unpaired) electrons. The summed E-state index contributed by atoms with van der Waals surface area (Å²) >= 11 is 14.0. The summed E-state index contributed by atoms with van der Waals surface area (Å²) in [7, 11) is 0. The maximum absolute atomic E-state index is 6.27. The van der Waals surface area contributed by atoms with E-state index >= 15 is 0 Å².